The van der Waals surface area contributed by atoms with Crippen molar-refractivity contribution >= 4 is 0 Å². The highest BCUT2D eigenvalue weighted by atomic mass is 14.4. The molecule has 0 saturated heterocycles. The van der Waals surface area contributed by atoms with Crippen molar-refractivity contribution in [2.24, 2.45) is 11.8 Å². The van der Waals surface area contributed by atoms with Gasteiger partial charge in [0.05, 0.1) is 0 Å². The summed E-state index contributed by atoms with van der Waals surface area (Å²) in [5.74, 6) is 1.81. The van der Waals surface area contributed by atoms with Crippen LogP contribution in [0.15, 0.2) is 11.3 Å². The second-order valence-corrected chi connectivity index (χ2v) is 3.25. The van der Waals surface area contributed by atoms with Crippen LogP contribution in [0.3, 0.4) is 0 Å². The van der Waals surface area contributed by atoms with Gasteiger partial charge >= 0.3 is 0 Å². The minimum Gasteiger partial charge on any atom is -0.121 e. The van der Waals surface area contributed by atoms with E-state index in [9.17, 15) is 0 Å². The van der Waals surface area contributed by atoms with Crippen LogP contribution in [-0.4, -0.2) is 0 Å². The van der Waals surface area contributed by atoms with Crippen LogP contribution in [0.4, 0.5) is 0 Å². The molecule has 2 atom stereocenters. The number of rotatable bonds is 0. The molecular weight excluding hydrogens is 108 g/mol. The summed E-state index contributed by atoms with van der Waals surface area (Å²) in [5, 5.41) is 0. The van der Waals surface area contributed by atoms with Crippen LogP contribution >= 0.6 is 0 Å². The van der Waals surface area contributed by atoms with E-state index in [0.717, 1.165) is 11.8 Å². The quantitative estimate of drug-likeness (QED) is 0.429. The van der Waals surface area contributed by atoms with Crippen LogP contribution in [0.1, 0.15) is 25.7 Å². The lowest BCUT2D eigenvalue weighted by atomic mass is 9.96. The molecule has 2 aliphatic rings. The van der Waals surface area contributed by atoms with Crippen molar-refractivity contribution < 1.29 is 0 Å². The maximum absolute atomic E-state index is 5.33. The second kappa shape index (κ2) is 1.75. The van der Waals surface area contributed by atoms with E-state index in [2.05, 4.69) is 5.73 Å². The predicted octanol–water partition coefficient (Wildman–Crippen LogP) is 2.32. The van der Waals surface area contributed by atoms with Crippen molar-refractivity contribution in [1.29, 1.82) is 0 Å². The van der Waals surface area contributed by atoms with Crippen LogP contribution in [0.25, 0.3) is 0 Å². The minimum atomic E-state index is 0.833. The highest BCUT2D eigenvalue weighted by molar-refractivity contribution is 5.14. The van der Waals surface area contributed by atoms with Gasteiger partial charge < -0.3 is 0 Å². The molecule has 2 aliphatic carbocycles. The molecule has 9 heavy (non-hydrogen) atoms. The number of fused-ring (bicyclic) bond motifs is 2. The molecule has 0 aromatic rings. The topological polar surface area (TPSA) is 0 Å². The summed E-state index contributed by atoms with van der Waals surface area (Å²) in [6, 6.07) is 0. The fourth-order valence-corrected chi connectivity index (χ4v) is 2.23. The minimum absolute atomic E-state index is 0.833. The molecule has 0 spiro atoms. The summed E-state index contributed by atoms with van der Waals surface area (Å²) >= 11 is 0. The number of hydrogen-bond donors (Lipinski definition) is 0. The fraction of sp³-hybridized carbons (Fsp3) is 0.667. The lowest BCUT2D eigenvalue weighted by Gasteiger charge is -2.09. The van der Waals surface area contributed by atoms with Crippen LogP contribution < -0.4 is 0 Å². The lowest BCUT2D eigenvalue weighted by Crippen LogP contribution is -1.95. The van der Waals surface area contributed by atoms with Gasteiger partial charge in [0, 0.05) is 0 Å². The first-order chi connectivity index (χ1) is 4.40. The summed E-state index contributed by atoms with van der Waals surface area (Å²) in [6.07, 6.45) is 5.47. The standard InChI is InChI=1S/C9H11/c1-2-8-5-7-3-4-9(8)6-7/h1,7,9H,3-6H2. The SMILES string of the molecule is [CH]=C=C1CC2CCC1C2. The van der Waals surface area contributed by atoms with Crippen LogP contribution in [0.2, 0.25) is 0 Å². The molecule has 0 heteroatoms. The molecule has 1 radical (unpaired) electrons. The van der Waals surface area contributed by atoms with E-state index in [1.54, 1.807) is 0 Å². The Bertz CT molecular complexity index is 172. The molecule has 0 amide bonds. The van der Waals surface area contributed by atoms with Gasteiger partial charge in [-0.05, 0) is 49.7 Å². The van der Waals surface area contributed by atoms with Gasteiger partial charge in [-0.1, -0.05) is 0 Å². The van der Waals surface area contributed by atoms with Gasteiger partial charge in [-0.2, -0.15) is 0 Å². The normalized spacial score (nSPS) is 39.3. The van der Waals surface area contributed by atoms with Crippen molar-refractivity contribution in [2.75, 3.05) is 0 Å². The van der Waals surface area contributed by atoms with Crippen molar-refractivity contribution in [3.63, 3.8) is 0 Å². The Labute approximate surface area is 56.3 Å². The van der Waals surface area contributed by atoms with Gasteiger partial charge in [-0.25, -0.2) is 0 Å². The van der Waals surface area contributed by atoms with Gasteiger partial charge in [0.1, 0.15) is 0 Å². The van der Waals surface area contributed by atoms with Crippen LogP contribution in [0.5, 0.6) is 0 Å². The molecule has 0 aromatic carbocycles. The Kier molecular flexibility index (Phi) is 1.03. The molecular formula is C9H11. The third-order valence-electron chi connectivity index (χ3n) is 2.73. The first kappa shape index (κ1) is 5.32. The number of hydrogen-bond acceptors (Lipinski definition) is 0. The van der Waals surface area contributed by atoms with Crippen molar-refractivity contribution in [2.45, 2.75) is 25.7 Å². The maximum Gasteiger partial charge on any atom is -0.0123 e. The molecule has 47 valence electrons. The molecule has 0 N–H and O–H groups in total. The smallest absolute Gasteiger partial charge is 0.0123 e. The first-order valence-electron chi connectivity index (χ1n) is 3.72. The third kappa shape index (κ3) is 0.668. The average molecular weight is 119 g/mol. The van der Waals surface area contributed by atoms with E-state index >= 15 is 0 Å². The average Bonchev–Trinajstić information content (AvgIpc) is 2.45. The van der Waals surface area contributed by atoms with Crippen LogP contribution in [-0.2, 0) is 0 Å². The van der Waals surface area contributed by atoms with Gasteiger partial charge in [0.15, 0.2) is 0 Å². The van der Waals surface area contributed by atoms with Gasteiger partial charge in [-0.3, -0.25) is 0 Å². The summed E-state index contributed by atoms with van der Waals surface area (Å²) < 4.78 is 0. The second-order valence-electron chi connectivity index (χ2n) is 3.25. The lowest BCUT2D eigenvalue weighted by molar-refractivity contribution is 0.561. The zero-order valence-electron chi connectivity index (χ0n) is 5.56. The Morgan fingerprint density at radius 1 is 1.44 bits per heavy atom. The van der Waals surface area contributed by atoms with E-state index in [4.69, 9.17) is 6.58 Å². The highest BCUT2D eigenvalue weighted by Gasteiger charge is 2.34. The molecule has 0 aliphatic heterocycles. The molecule has 0 nitrogen and oxygen atoms in total. The van der Waals surface area contributed by atoms with Crippen molar-refractivity contribution in [3.8, 4) is 0 Å². The Balaban J connectivity index is 2.28. The number of allylic oxidation sites excluding steroid dienone is 1. The van der Waals surface area contributed by atoms with E-state index in [1.807, 2.05) is 0 Å². The summed E-state index contributed by atoms with van der Waals surface area (Å²) in [4.78, 5) is 0. The van der Waals surface area contributed by atoms with E-state index < -0.39 is 0 Å². The zero-order valence-corrected chi connectivity index (χ0v) is 5.56. The predicted molar refractivity (Wildman–Crippen MR) is 36.8 cm³/mol. The largest absolute Gasteiger partial charge is 0.121 e. The van der Waals surface area contributed by atoms with E-state index in [-0.39, 0.29) is 0 Å². The molecule has 2 bridgehead atoms. The van der Waals surface area contributed by atoms with E-state index in [0.29, 0.717) is 0 Å². The van der Waals surface area contributed by atoms with Gasteiger partial charge in [0.2, 0.25) is 0 Å². The highest BCUT2D eigenvalue weighted by Crippen LogP contribution is 2.47. The Morgan fingerprint density at radius 2 is 2.33 bits per heavy atom. The zero-order chi connectivity index (χ0) is 6.27. The van der Waals surface area contributed by atoms with E-state index in [1.165, 1.54) is 31.3 Å². The fourth-order valence-electron chi connectivity index (χ4n) is 2.23. The maximum atomic E-state index is 5.33. The first-order valence-corrected chi connectivity index (χ1v) is 3.72. The molecule has 0 aromatic heterocycles. The Morgan fingerprint density at radius 3 is 2.67 bits per heavy atom. The molecule has 2 saturated carbocycles. The Hall–Kier alpha value is -0.480. The van der Waals surface area contributed by atoms with Crippen LogP contribution in [0, 0.1) is 18.4 Å². The van der Waals surface area contributed by atoms with Crippen molar-refractivity contribution in [3.05, 3.63) is 17.9 Å². The molecule has 2 rings (SSSR count). The third-order valence-corrected chi connectivity index (χ3v) is 2.73. The molecule has 0 heterocycles. The molecule has 2 fully saturated rings. The summed E-state index contributed by atoms with van der Waals surface area (Å²) in [5.41, 5.74) is 4.22. The monoisotopic (exact) mass is 119 g/mol. The van der Waals surface area contributed by atoms with Gasteiger partial charge in [0.25, 0.3) is 0 Å². The van der Waals surface area contributed by atoms with Gasteiger partial charge in [-0.15, -0.1) is 5.73 Å². The van der Waals surface area contributed by atoms with Crippen molar-refractivity contribution in [1.82, 2.24) is 0 Å². The molecule has 2 unspecified atom stereocenters. The summed E-state index contributed by atoms with van der Waals surface area (Å²) in [7, 11) is 0. The summed E-state index contributed by atoms with van der Waals surface area (Å²) in [6.45, 7) is 5.33.